The molecule has 6 nitrogen and oxygen atoms in total. The maximum absolute atomic E-state index is 13.3. The Labute approximate surface area is 404 Å². The molecule has 3 unspecified atom stereocenters. The minimum absolute atomic E-state index is 0.0578. The van der Waals surface area contributed by atoms with Crippen molar-refractivity contribution in [3.63, 3.8) is 0 Å². The van der Waals surface area contributed by atoms with Gasteiger partial charge in [-0.1, -0.05) is 236 Å². The van der Waals surface area contributed by atoms with Gasteiger partial charge in [-0.2, -0.15) is 0 Å². The minimum atomic E-state index is -0.797. The smallest absolute Gasteiger partial charge is 0.306 e. The van der Waals surface area contributed by atoms with Crippen LogP contribution in [0.2, 0.25) is 0 Å². The fourth-order valence-corrected chi connectivity index (χ4v) is 8.55. The fourth-order valence-electron chi connectivity index (χ4n) is 8.55. The van der Waals surface area contributed by atoms with Crippen molar-refractivity contribution in [2.24, 2.45) is 0 Å². The molecule has 1 amide bonds. The quantitative estimate of drug-likeness (QED) is 0.0321. The van der Waals surface area contributed by atoms with Gasteiger partial charge in [-0.25, -0.2) is 0 Å². The standard InChI is InChI=1S/C59H109NO5/c1-4-7-10-13-16-19-22-25-27-29-30-33-35-38-41-44-47-50-55(65-59(64)52-49-46-43-40-37-32-24-21-18-15-12-9-6-3)53-58(63)60-56(54-61)57(62)51-48-45-42-39-36-34-31-28-26-23-20-17-14-11-8-5-2/h16,19,25,27,30,32-33,37,55-57,61-62H,4-15,17-18,20-24,26,28-29,31,34-36,38-54H2,1-3H3,(H,60,63)/b19-16-,27-25-,33-30-,37-32-. The first-order valence-electron chi connectivity index (χ1n) is 28.4. The third-order valence-corrected chi connectivity index (χ3v) is 12.9. The van der Waals surface area contributed by atoms with Gasteiger partial charge >= 0.3 is 5.97 Å². The predicted octanol–water partition coefficient (Wildman–Crippen LogP) is 17.4. The molecule has 3 atom stereocenters. The molecule has 0 aliphatic carbocycles. The van der Waals surface area contributed by atoms with E-state index >= 15 is 0 Å². The van der Waals surface area contributed by atoms with E-state index in [-0.39, 0.29) is 24.9 Å². The first kappa shape index (κ1) is 62.8. The molecule has 0 aliphatic rings. The van der Waals surface area contributed by atoms with Gasteiger partial charge in [0, 0.05) is 6.42 Å². The summed E-state index contributed by atoms with van der Waals surface area (Å²) in [7, 11) is 0. The van der Waals surface area contributed by atoms with Crippen molar-refractivity contribution >= 4 is 11.9 Å². The molecular formula is C59H109NO5. The third-order valence-electron chi connectivity index (χ3n) is 12.9. The lowest BCUT2D eigenvalue weighted by molar-refractivity contribution is -0.151. The van der Waals surface area contributed by atoms with E-state index in [1.165, 1.54) is 148 Å². The predicted molar refractivity (Wildman–Crippen MR) is 282 cm³/mol. The zero-order valence-electron chi connectivity index (χ0n) is 43.4. The third kappa shape index (κ3) is 48.1. The molecule has 0 aromatic heterocycles. The van der Waals surface area contributed by atoms with Crippen LogP contribution in [0.3, 0.4) is 0 Å². The first-order valence-corrected chi connectivity index (χ1v) is 28.4. The Kier molecular flexibility index (Phi) is 51.0. The lowest BCUT2D eigenvalue weighted by atomic mass is 10.0. The summed E-state index contributed by atoms with van der Waals surface area (Å²) in [5.41, 5.74) is 0. The normalized spacial score (nSPS) is 13.5. The Morgan fingerprint density at radius 3 is 1.23 bits per heavy atom. The Hall–Kier alpha value is -2.18. The van der Waals surface area contributed by atoms with Crippen LogP contribution in [0, 0.1) is 0 Å². The van der Waals surface area contributed by atoms with Crippen LogP contribution in [0.1, 0.15) is 290 Å². The Morgan fingerprint density at radius 1 is 0.446 bits per heavy atom. The van der Waals surface area contributed by atoms with Crippen molar-refractivity contribution < 1.29 is 24.5 Å². The number of ether oxygens (including phenoxy) is 1. The van der Waals surface area contributed by atoms with Crippen molar-refractivity contribution in [3.8, 4) is 0 Å². The van der Waals surface area contributed by atoms with E-state index in [2.05, 4.69) is 74.7 Å². The van der Waals surface area contributed by atoms with Crippen LogP contribution in [-0.4, -0.2) is 46.9 Å². The van der Waals surface area contributed by atoms with Crippen molar-refractivity contribution in [1.82, 2.24) is 5.32 Å². The number of aliphatic hydroxyl groups excluding tert-OH is 2. The van der Waals surface area contributed by atoms with Crippen molar-refractivity contribution in [2.45, 2.75) is 309 Å². The second-order valence-corrected chi connectivity index (χ2v) is 19.3. The number of rotatable bonds is 51. The molecule has 0 saturated carbocycles. The summed E-state index contributed by atoms with van der Waals surface area (Å²) in [5.74, 6) is -0.506. The molecule has 6 heteroatoms. The highest BCUT2D eigenvalue weighted by atomic mass is 16.5. The molecule has 0 bridgehead atoms. The number of nitrogens with one attached hydrogen (secondary N) is 1. The van der Waals surface area contributed by atoms with Gasteiger partial charge in [-0.05, 0) is 89.9 Å². The minimum Gasteiger partial charge on any atom is -0.462 e. The number of esters is 1. The molecule has 0 saturated heterocycles. The maximum Gasteiger partial charge on any atom is 0.306 e. The molecule has 0 fully saturated rings. The van der Waals surface area contributed by atoms with Crippen molar-refractivity contribution in [1.29, 1.82) is 0 Å². The van der Waals surface area contributed by atoms with Gasteiger partial charge in [0.2, 0.25) is 5.91 Å². The van der Waals surface area contributed by atoms with Crippen LogP contribution in [0.15, 0.2) is 48.6 Å². The molecule has 0 spiro atoms. The molecule has 0 heterocycles. The SMILES string of the molecule is CCCCC/C=C\C/C=C\C/C=C\CCCCCCC(CC(=O)NC(CO)C(O)CCCCCCCCCCCCCCCCCC)OC(=O)CCCCC/C=C\CCCCCCCC. The lowest BCUT2D eigenvalue weighted by Gasteiger charge is -2.24. The molecule has 0 aromatic rings. The Morgan fingerprint density at radius 2 is 0.785 bits per heavy atom. The summed E-state index contributed by atoms with van der Waals surface area (Å²) in [6.07, 6.45) is 64.6. The summed E-state index contributed by atoms with van der Waals surface area (Å²) in [5, 5.41) is 23.9. The highest BCUT2D eigenvalue weighted by Gasteiger charge is 2.24. The molecule has 0 aromatic carbocycles. The van der Waals surface area contributed by atoms with E-state index in [0.717, 1.165) is 96.3 Å². The van der Waals surface area contributed by atoms with Gasteiger partial charge in [-0.3, -0.25) is 9.59 Å². The van der Waals surface area contributed by atoms with Crippen molar-refractivity contribution in [3.05, 3.63) is 48.6 Å². The topological polar surface area (TPSA) is 95.9 Å². The van der Waals surface area contributed by atoms with Crippen LogP contribution in [0.4, 0.5) is 0 Å². The van der Waals surface area contributed by atoms with Gasteiger partial charge in [0.15, 0.2) is 0 Å². The van der Waals surface area contributed by atoms with Gasteiger partial charge in [0.25, 0.3) is 0 Å². The number of unbranched alkanes of at least 4 members (excludes halogenated alkanes) is 31. The molecule has 65 heavy (non-hydrogen) atoms. The van der Waals surface area contributed by atoms with Crippen molar-refractivity contribution in [2.75, 3.05) is 6.61 Å². The van der Waals surface area contributed by atoms with Gasteiger partial charge < -0.3 is 20.3 Å². The Balaban J connectivity index is 4.60. The van der Waals surface area contributed by atoms with Gasteiger partial charge in [0.05, 0.1) is 25.2 Å². The number of carbonyl (C=O) groups is 2. The summed E-state index contributed by atoms with van der Waals surface area (Å²) in [4.78, 5) is 26.2. The summed E-state index contributed by atoms with van der Waals surface area (Å²) in [6.45, 7) is 6.46. The highest BCUT2D eigenvalue weighted by molar-refractivity contribution is 5.77. The summed E-state index contributed by atoms with van der Waals surface area (Å²) in [6, 6.07) is -0.712. The van der Waals surface area contributed by atoms with Gasteiger partial charge in [-0.15, -0.1) is 0 Å². The van der Waals surface area contributed by atoms with Crippen LogP contribution < -0.4 is 5.32 Å². The monoisotopic (exact) mass is 912 g/mol. The number of amides is 1. The average molecular weight is 913 g/mol. The molecule has 0 aliphatic heterocycles. The van der Waals surface area contributed by atoms with E-state index < -0.39 is 18.2 Å². The second kappa shape index (κ2) is 52.8. The zero-order chi connectivity index (χ0) is 47.4. The first-order chi connectivity index (χ1) is 32.0. The van der Waals surface area contributed by atoms with E-state index in [9.17, 15) is 19.8 Å². The zero-order valence-corrected chi connectivity index (χ0v) is 43.4. The van der Waals surface area contributed by atoms with E-state index in [1.807, 2.05) is 0 Å². The average Bonchev–Trinajstić information content (AvgIpc) is 3.30. The summed E-state index contributed by atoms with van der Waals surface area (Å²) >= 11 is 0. The van der Waals surface area contributed by atoms with Gasteiger partial charge in [0.1, 0.15) is 6.10 Å². The number of aliphatic hydroxyl groups is 2. The summed E-state index contributed by atoms with van der Waals surface area (Å²) < 4.78 is 5.94. The van der Waals surface area contributed by atoms with Crippen LogP contribution in [0.5, 0.6) is 0 Å². The molecule has 0 rings (SSSR count). The second-order valence-electron chi connectivity index (χ2n) is 19.3. The van der Waals surface area contributed by atoms with Crippen LogP contribution >= 0.6 is 0 Å². The van der Waals surface area contributed by atoms with E-state index in [0.29, 0.717) is 19.3 Å². The number of hydrogen-bond acceptors (Lipinski definition) is 5. The number of carbonyl (C=O) groups excluding carboxylic acids is 2. The number of allylic oxidation sites excluding steroid dienone is 8. The van der Waals surface area contributed by atoms with Crippen LogP contribution in [0.25, 0.3) is 0 Å². The highest BCUT2D eigenvalue weighted by Crippen LogP contribution is 2.18. The maximum atomic E-state index is 13.3. The largest absolute Gasteiger partial charge is 0.462 e. The molecule has 380 valence electrons. The lowest BCUT2D eigenvalue weighted by Crippen LogP contribution is -2.46. The number of hydrogen-bond donors (Lipinski definition) is 3. The fraction of sp³-hybridized carbons (Fsp3) is 0.831. The molecular weight excluding hydrogens is 803 g/mol. The molecule has 0 radical (unpaired) electrons. The Bertz CT molecular complexity index is 1110. The van der Waals surface area contributed by atoms with Crippen LogP contribution in [-0.2, 0) is 14.3 Å². The van der Waals surface area contributed by atoms with E-state index in [4.69, 9.17) is 4.74 Å². The van der Waals surface area contributed by atoms with E-state index in [1.54, 1.807) is 0 Å². The molecule has 3 N–H and O–H groups in total.